The minimum Gasteiger partial charge on any atom is -0.497 e. The molecule has 0 bridgehead atoms. The SMILES string of the molecule is COc1ccc(N=C[C@@H]2C(=O)NC(=O)N(c3ccc(Br)cc3)C2=O)cc1. The number of carbonyl (C=O) groups excluding carboxylic acids is 3. The van der Waals surface area contributed by atoms with Crippen molar-refractivity contribution < 1.29 is 19.1 Å². The summed E-state index contributed by atoms with van der Waals surface area (Å²) in [6, 6.07) is 12.6. The number of nitrogens with zero attached hydrogens (tertiary/aromatic N) is 2. The molecule has 0 radical (unpaired) electrons. The molecule has 1 aliphatic rings. The van der Waals surface area contributed by atoms with Gasteiger partial charge in [-0.25, -0.2) is 9.69 Å². The number of ether oxygens (including phenoxy) is 1. The fraction of sp³-hybridized carbons (Fsp3) is 0.111. The van der Waals surface area contributed by atoms with E-state index < -0.39 is 23.8 Å². The van der Waals surface area contributed by atoms with Gasteiger partial charge in [0.2, 0.25) is 5.91 Å². The second kappa shape index (κ2) is 7.49. The molecular formula is C18H14BrN3O4. The Kier molecular flexibility index (Phi) is 5.13. The molecule has 132 valence electrons. The van der Waals surface area contributed by atoms with E-state index in [1.807, 2.05) is 0 Å². The molecule has 0 unspecified atom stereocenters. The number of hydrogen-bond donors (Lipinski definition) is 1. The number of carbonyl (C=O) groups is 3. The standard InChI is InChI=1S/C18H14BrN3O4/c1-26-14-8-4-12(5-9-14)20-10-15-16(23)21-18(25)22(17(15)24)13-6-2-11(19)3-7-13/h2-10,15H,1H3,(H,21,23,25)/t15-/m1/s1. The van der Waals surface area contributed by atoms with Crippen molar-refractivity contribution in [3.8, 4) is 5.75 Å². The Labute approximate surface area is 157 Å². The predicted molar refractivity (Wildman–Crippen MR) is 99.8 cm³/mol. The summed E-state index contributed by atoms with van der Waals surface area (Å²) in [7, 11) is 1.55. The highest BCUT2D eigenvalue weighted by molar-refractivity contribution is 9.10. The highest BCUT2D eigenvalue weighted by Gasteiger charge is 2.40. The van der Waals surface area contributed by atoms with Crippen LogP contribution in [0.1, 0.15) is 0 Å². The van der Waals surface area contributed by atoms with Crippen molar-refractivity contribution in [2.45, 2.75) is 0 Å². The number of imide groups is 2. The lowest BCUT2D eigenvalue weighted by Gasteiger charge is -2.28. The van der Waals surface area contributed by atoms with Crippen molar-refractivity contribution in [3.63, 3.8) is 0 Å². The van der Waals surface area contributed by atoms with E-state index >= 15 is 0 Å². The van der Waals surface area contributed by atoms with Crippen LogP contribution in [0, 0.1) is 5.92 Å². The Morgan fingerprint density at radius 3 is 2.35 bits per heavy atom. The van der Waals surface area contributed by atoms with Gasteiger partial charge in [-0.2, -0.15) is 0 Å². The van der Waals surface area contributed by atoms with Gasteiger partial charge < -0.3 is 4.74 Å². The molecule has 1 N–H and O–H groups in total. The molecule has 8 heteroatoms. The summed E-state index contributed by atoms with van der Waals surface area (Å²) in [6.07, 6.45) is 1.23. The van der Waals surface area contributed by atoms with E-state index in [0.717, 1.165) is 9.37 Å². The zero-order chi connectivity index (χ0) is 18.7. The summed E-state index contributed by atoms with van der Waals surface area (Å²) in [5, 5.41) is 2.18. The van der Waals surface area contributed by atoms with Crippen LogP contribution >= 0.6 is 15.9 Å². The van der Waals surface area contributed by atoms with Crippen molar-refractivity contribution in [1.82, 2.24) is 5.32 Å². The molecule has 0 saturated carbocycles. The Hall–Kier alpha value is -3.00. The van der Waals surface area contributed by atoms with Gasteiger partial charge in [0.25, 0.3) is 5.91 Å². The zero-order valence-electron chi connectivity index (χ0n) is 13.7. The van der Waals surface area contributed by atoms with Crippen LogP contribution < -0.4 is 15.0 Å². The molecule has 2 aromatic carbocycles. The molecule has 1 fully saturated rings. The average Bonchev–Trinajstić information content (AvgIpc) is 2.63. The monoisotopic (exact) mass is 415 g/mol. The number of amides is 4. The number of aliphatic imine (C=N–C) groups is 1. The van der Waals surface area contributed by atoms with Crippen molar-refractivity contribution >= 4 is 51.4 Å². The number of anilines is 1. The number of barbiturate groups is 1. The number of nitrogens with one attached hydrogen (secondary N) is 1. The lowest BCUT2D eigenvalue weighted by molar-refractivity contribution is -0.131. The summed E-state index contributed by atoms with van der Waals surface area (Å²) in [4.78, 5) is 41.9. The normalized spacial score (nSPS) is 17.5. The molecule has 1 saturated heterocycles. The molecule has 3 rings (SSSR count). The molecule has 7 nitrogen and oxygen atoms in total. The van der Waals surface area contributed by atoms with Crippen LogP contribution in [0.25, 0.3) is 0 Å². The molecule has 1 aliphatic heterocycles. The number of methoxy groups -OCH3 is 1. The zero-order valence-corrected chi connectivity index (χ0v) is 15.3. The van der Waals surface area contributed by atoms with E-state index in [1.165, 1.54) is 6.21 Å². The first-order chi connectivity index (χ1) is 12.5. The maximum Gasteiger partial charge on any atom is 0.335 e. The third kappa shape index (κ3) is 3.65. The highest BCUT2D eigenvalue weighted by Crippen LogP contribution is 2.23. The third-order valence-electron chi connectivity index (χ3n) is 3.73. The van der Waals surface area contributed by atoms with E-state index in [9.17, 15) is 14.4 Å². The van der Waals surface area contributed by atoms with Gasteiger partial charge in [0.15, 0.2) is 5.92 Å². The van der Waals surface area contributed by atoms with E-state index in [0.29, 0.717) is 17.1 Å². The number of urea groups is 1. The van der Waals surface area contributed by atoms with Crippen molar-refractivity contribution in [2.24, 2.45) is 10.9 Å². The van der Waals surface area contributed by atoms with Gasteiger partial charge in [-0.15, -0.1) is 0 Å². The topological polar surface area (TPSA) is 88.1 Å². The molecule has 0 aliphatic carbocycles. The van der Waals surface area contributed by atoms with Gasteiger partial charge in [-0.05, 0) is 48.5 Å². The molecule has 2 aromatic rings. The fourth-order valence-corrected chi connectivity index (χ4v) is 2.65. The summed E-state index contributed by atoms with van der Waals surface area (Å²) in [5.41, 5.74) is 0.921. The largest absolute Gasteiger partial charge is 0.497 e. The van der Waals surface area contributed by atoms with Gasteiger partial charge in [0.1, 0.15) is 5.75 Å². The summed E-state index contributed by atoms with van der Waals surface area (Å²) in [6.45, 7) is 0. The summed E-state index contributed by atoms with van der Waals surface area (Å²) < 4.78 is 5.87. The smallest absolute Gasteiger partial charge is 0.335 e. The van der Waals surface area contributed by atoms with Crippen molar-refractivity contribution in [1.29, 1.82) is 0 Å². The van der Waals surface area contributed by atoms with Crippen LogP contribution in [0.5, 0.6) is 5.75 Å². The van der Waals surface area contributed by atoms with E-state index in [1.54, 1.807) is 55.6 Å². The van der Waals surface area contributed by atoms with E-state index in [2.05, 4.69) is 26.2 Å². The molecule has 26 heavy (non-hydrogen) atoms. The van der Waals surface area contributed by atoms with Gasteiger partial charge in [-0.1, -0.05) is 15.9 Å². The van der Waals surface area contributed by atoms with Gasteiger partial charge >= 0.3 is 6.03 Å². The first-order valence-corrected chi connectivity index (χ1v) is 8.41. The Balaban J connectivity index is 1.84. The van der Waals surface area contributed by atoms with Crippen LogP contribution in [0.4, 0.5) is 16.2 Å². The maximum atomic E-state index is 12.7. The van der Waals surface area contributed by atoms with Gasteiger partial charge in [-0.3, -0.25) is 19.9 Å². The molecule has 1 atom stereocenters. The average molecular weight is 416 g/mol. The van der Waals surface area contributed by atoms with Gasteiger partial charge in [0, 0.05) is 10.7 Å². The quantitative estimate of drug-likeness (QED) is 0.613. The minimum absolute atomic E-state index is 0.367. The van der Waals surface area contributed by atoms with Crippen LogP contribution in [-0.2, 0) is 9.59 Å². The lowest BCUT2D eigenvalue weighted by atomic mass is 10.1. The second-order valence-corrected chi connectivity index (χ2v) is 6.31. The molecule has 0 spiro atoms. The Bertz CT molecular complexity index is 878. The Morgan fingerprint density at radius 2 is 1.73 bits per heavy atom. The minimum atomic E-state index is -1.20. The summed E-state index contributed by atoms with van der Waals surface area (Å²) in [5.74, 6) is -1.88. The van der Waals surface area contributed by atoms with E-state index in [-0.39, 0.29) is 0 Å². The lowest BCUT2D eigenvalue weighted by Crippen LogP contribution is -2.58. The summed E-state index contributed by atoms with van der Waals surface area (Å²) >= 11 is 3.29. The van der Waals surface area contributed by atoms with Crippen LogP contribution in [-0.4, -0.2) is 31.2 Å². The predicted octanol–water partition coefficient (Wildman–Crippen LogP) is 3.06. The first kappa shape index (κ1) is 17.8. The van der Waals surface area contributed by atoms with Crippen LogP contribution in [0.15, 0.2) is 58.0 Å². The number of hydrogen-bond acceptors (Lipinski definition) is 5. The number of benzene rings is 2. The molecule has 4 amide bonds. The fourth-order valence-electron chi connectivity index (χ4n) is 2.39. The third-order valence-corrected chi connectivity index (χ3v) is 4.26. The molecule has 0 aromatic heterocycles. The van der Waals surface area contributed by atoms with Crippen molar-refractivity contribution in [3.05, 3.63) is 53.0 Å². The first-order valence-electron chi connectivity index (χ1n) is 7.62. The number of halogens is 1. The highest BCUT2D eigenvalue weighted by atomic mass is 79.9. The van der Waals surface area contributed by atoms with Crippen molar-refractivity contribution in [2.75, 3.05) is 12.0 Å². The van der Waals surface area contributed by atoms with Gasteiger partial charge in [0.05, 0.1) is 18.5 Å². The maximum absolute atomic E-state index is 12.7. The van der Waals surface area contributed by atoms with E-state index in [4.69, 9.17) is 4.74 Å². The van der Waals surface area contributed by atoms with Crippen LogP contribution in [0.3, 0.4) is 0 Å². The molecular weight excluding hydrogens is 402 g/mol. The second-order valence-electron chi connectivity index (χ2n) is 5.40. The molecule has 1 heterocycles. The number of rotatable bonds is 4. The van der Waals surface area contributed by atoms with Crippen LogP contribution in [0.2, 0.25) is 0 Å². The Morgan fingerprint density at radius 1 is 1.08 bits per heavy atom.